The summed E-state index contributed by atoms with van der Waals surface area (Å²) in [6, 6.07) is 0. The van der Waals surface area contributed by atoms with E-state index in [0.717, 1.165) is 49.8 Å². The minimum absolute atomic E-state index is 0. The number of halogens is 1. The third-order valence-electron chi connectivity index (χ3n) is 4.15. The van der Waals surface area contributed by atoms with E-state index >= 15 is 0 Å². The molecule has 1 aliphatic heterocycles. The van der Waals surface area contributed by atoms with Gasteiger partial charge in [-0.2, -0.15) is 0 Å². The van der Waals surface area contributed by atoms with Crippen molar-refractivity contribution < 1.29 is 0 Å². The Morgan fingerprint density at radius 1 is 1.35 bits per heavy atom. The Hall–Kier alpha value is -0.790. The third kappa shape index (κ3) is 5.97. The molecule has 5 nitrogen and oxygen atoms in total. The van der Waals surface area contributed by atoms with Crippen LogP contribution in [0.5, 0.6) is 0 Å². The van der Waals surface area contributed by atoms with Crippen molar-refractivity contribution in [1.29, 1.82) is 0 Å². The van der Waals surface area contributed by atoms with E-state index in [4.69, 9.17) is 0 Å². The maximum atomic E-state index is 4.48. The largest absolute Gasteiger partial charge is 0.349 e. The van der Waals surface area contributed by atoms with Crippen molar-refractivity contribution in [3.05, 3.63) is 18.2 Å². The van der Waals surface area contributed by atoms with Gasteiger partial charge in [-0.3, -0.25) is 4.99 Å². The van der Waals surface area contributed by atoms with Crippen LogP contribution in [0.1, 0.15) is 39.9 Å². The van der Waals surface area contributed by atoms with Gasteiger partial charge in [0.1, 0.15) is 5.82 Å². The molecule has 0 radical (unpaired) electrons. The first-order chi connectivity index (χ1) is 10.5. The second-order valence-corrected chi connectivity index (χ2v) is 7.14. The lowest BCUT2D eigenvalue weighted by atomic mass is 9.92. The van der Waals surface area contributed by atoms with Gasteiger partial charge in [-0.15, -0.1) is 24.0 Å². The van der Waals surface area contributed by atoms with Crippen LogP contribution in [-0.4, -0.2) is 40.5 Å². The Morgan fingerprint density at radius 3 is 2.57 bits per heavy atom. The summed E-state index contributed by atoms with van der Waals surface area (Å²) in [5.41, 5.74) is 0. The summed E-state index contributed by atoms with van der Waals surface area (Å²) in [5, 5.41) is 3.49. The van der Waals surface area contributed by atoms with Crippen molar-refractivity contribution in [2.75, 3.05) is 20.1 Å². The Morgan fingerprint density at radius 2 is 2.00 bits per heavy atom. The number of imidazole rings is 1. The predicted octanol–water partition coefficient (Wildman–Crippen LogP) is 3.21. The zero-order valence-electron chi connectivity index (χ0n) is 15.1. The maximum Gasteiger partial charge on any atom is 0.194 e. The highest BCUT2D eigenvalue weighted by molar-refractivity contribution is 14.0. The van der Waals surface area contributed by atoms with Gasteiger partial charge in [-0.1, -0.05) is 27.7 Å². The molecule has 0 aromatic carbocycles. The molecule has 0 aliphatic carbocycles. The molecular formula is C17H32IN5. The standard InChI is InChI=1S/C17H31N5.HI/c1-13(2)10-21-7-6-19-16(21)9-20-17(18-5)22-11-14(3)8-15(4)12-22;/h6-7,13-15H,8-12H2,1-5H3,(H,18,20);1H. The molecule has 1 saturated heterocycles. The molecule has 0 amide bonds. The van der Waals surface area contributed by atoms with E-state index in [1.165, 1.54) is 6.42 Å². The molecular weight excluding hydrogens is 401 g/mol. The molecule has 1 aromatic heterocycles. The van der Waals surface area contributed by atoms with Gasteiger partial charge in [-0.05, 0) is 24.2 Å². The summed E-state index contributed by atoms with van der Waals surface area (Å²) >= 11 is 0. The molecule has 1 fully saturated rings. The predicted molar refractivity (Wildman–Crippen MR) is 107 cm³/mol. The topological polar surface area (TPSA) is 45.5 Å². The van der Waals surface area contributed by atoms with E-state index in [-0.39, 0.29) is 24.0 Å². The summed E-state index contributed by atoms with van der Waals surface area (Å²) in [6.45, 7) is 13.0. The normalized spacial score (nSPS) is 22.2. The highest BCUT2D eigenvalue weighted by Gasteiger charge is 2.24. The molecule has 0 saturated carbocycles. The number of piperidine rings is 1. The fourth-order valence-electron chi connectivity index (χ4n) is 3.39. The van der Waals surface area contributed by atoms with Crippen LogP contribution in [0.4, 0.5) is 0 Å². The van der Waals surface area contributed by atoms with Crippen LogP contribution < -0.4 is 5.32 Å². The van der Waals surface area contributed by atoms with E-state index < -0.39 is 0 Å². The molecule has 2 rings (SSSR count). The van der Waals surface area contributed by atoms with Crippen LogP contribution in [0, 0.1) is 17.8 Å². The Kier molecular flexibility index (Phi) is 8.36. The molecule has 2 atom stereocenters. The second-order valence-electron chi connectivity index (χ2n) is 7.14. The molecule has 1 aromatic rings. The van der Waals surface area contributed by atoms with E-state index in [2.05, 4.69) is 58.7 Å². The van der Waals surface area contributed by atoms with E-state index in [1.54, 1.807) is 0 Å². The molecule has 0 bridgehead atoms. The summed E-state index contributed by atoms with van der Waals surface area (Å²) in [7, 11) is 1.87. The monoisotopic (exact) mass is 433 g/mol. The van der Waals surface area contributed by atoms with Gasteiger partial charge in [0.15, 0.2) is 5.96 Å². The van der Waals surface area contributed by atoms with Crippen molar-refractivity contribution in [1.82, 2.24) is 19.8 Å². The highest BCUT2D eigenvalue weighted by Crippen LogP contribution is 2.20. The SMILES string of the molecule is CN=C(NCc1nccn1CC(C)C)N1CC(C)CC(C)C1.I. The molecule has 1 aliphatic rings. The van der Waals surface area contributed by atoms with Crippen molar-refractivity contribution in [3.8, 4) is 0 Å². The molecule has 6 heteroatoms. The van der Waals surface area contributed by atoms with Crippen molar-refractivity contribution in [2.45, 2.75) is 47.2 Å². The summed E-state index contributed by atoms with van der Waals surface area (Å²) in [4.78, 5) is 11.3. The fraction of sp³-hybridized carbons (Fsp3) is 0.765. The quantitative estimate of drug-likeness (QED) is 0.451. The number of nitrogens with zero attached hydrogens (tertiary/aromatic N) is 4. The molecule has 2 unspecified atom stereocenters. The van der Waals surface area contributed by atoms with E-state index in [0.29, 0.717) is 5.92 Å². The van der Waals surface area contributed by atoms with Gasteiger partial charge in [0.2, 0.25) is 0 Å². The number of rotatable bonds is 4. The van der Waals surface area contributed by atoms with Crippen molar-refractivity contribution >= 4 is 29.9 Å². The van der Waals surface area contributed by atoms with Gasteiger partial charge in [0.05, 0.1) is 6.54 Å². The van der Waals surface area contributed by atoms with Crippen LogP contribution in [0.2, 0.25) is 0 Å². The number of hydrogen-bond acceptors (Lipinski definition) is 2. The molecule has 2 heterocycles. The summed E-state index contributed by atoms with van der Waals surface area (Å²) in [5.74, 6) is 4.15. The van der Waals surface area contributed by atoms with Gasteiger partial charge >= 0.3 is 0 Å². The zero-order chi connectivity index (χ0) is 16.1. The average Bonchev–Trinajstić information content (AvgIpc) is 2.85. The lowest BCUT2D eigenvalue weighted by Gasteiger charge is -2.37. The van der Waals surface area contributed by atoms with Crippen LogP contribution in [0.3, 0.4) is 0 Å². The second kappa shape index (κ2) is 9.49. The van der Waals surface area contributed by atoms with Crippen molar-refractivity contribution in [2.24, 2.45) is 22.7 Å². The average molecular weight is 433 g/mol. The summed E-state index contributed by atoms with van der Waals surface area (Å²) < 4.78 is 2.23. The molecule has 0 spiro atoms. The van der Waals surface area contributed by atoms with Crippen LogP contribution in [0.25, 0.3) is 0 Å². The van der Waals surface area contributed by atoms with Gasteiger partial charge < -0.3 is 14.8 Å². The van der Waals surface area contributed by atoms with Gasteiger partial charge in [0.25, 0.3) is 0 Å². The number of hydrogen-bond donors (Lipinski definition) is 1. The van der Waals surface area contributed by atoms with Gasteiger partial charge in [0, 0.05) is 39.1 Å². The maximum absolute atomic E-state index is 4.48. The Bertz CT molecular complexity index is 487. The number of aromatic nitrogens is 2. The lowest BCUT2D eigenvalue weighted by Crippen LogP contribution is -2.48. The van der Waals surface area contributed by atoms with E-state index in [9.17, 15) is 0 Å². The molecule has 1 N–H and O–H groups in total. The first-order valence-corrected chi connectivity index (χ1v) is 8.45. The number of likely N-dealkylation sites (tertiary alicyclic amines) is 1. The minimum atomic E-state index is 0. The molecule has 132 valence electrons. The zero-order valence-corrected chi connectivity index (χ0v) is 17.4. The minimum Gasteiger partial charge on any atom is -0.349 e. The van der Waals surface area contributed by atoms with Gasteiger partial charge in [-0.25, -0.2) is 4.98 Å². The fourth-order valence-corrected chi connectivity index (χ4v) is 3.39. The third-order valence-corrected chi connectivity index (χ3v) is 4.15. The number of guanidine groups is 1. The highest BCUT2D eigenvalue weighted by atomic mass is 127. The first kappa shape index (κ1) is 20.3. The molecule has 23 heavy (non-hydrogen) atoms. The number of aliphatic imine (C=N–C) groups is 1. The first-order valence-electron chi connectivity index (χ1n) is 8.45. The van der Waals surface area contributed by atoms with E-state index in [1.807, 2.05) is 13.2 Å². The summed E-state index contributed by atoms with van der Waals surface area (Å²) in [6.07, 6.45) is 5.25. The smallest absolute Gasteiger partial charge is 0.194 e. The van der Waals surface area contributed by atoms with Crippen molar-refractivity contribution in [3.63, 3.8) is 0 Å². The van der Waals surface area contributed by atoms with Crippen LogP contribution in [-0.2, 0) is 13.1 Å². The Balaban J connectivity index is 0.00000264. The number of nitrogens with one attached hydrogen (secondary N) is 1. The van der Waals surface area contributed by atoms with Crippen LogP contribution in [0.15, 0.2) is 17.4 Å². The van der Waals surface area contributed by atoms with Crippen LogP contribution >= 0.6 is 24.0 Å². The Labute approximate surface area is 158 Å². The lowest BCUT2D eigenvalue weighted by molar-refractivity contribution is 0.208.